The van der Waals surface area contributed by atoms with Crippen molar-refractivity contribution in [2.24, 2.45) is 0 Å². The van der Waals surface area contributed by atoms with Gasteiger partial charge in [0.05, 0.1) is 11.1 Å². The van der Waals surface area contributed by atoms with Crippen LogP contribution in [0.1, 0.15) is 47.2 Å². The molecule has 10 aromatic carbocycles. The molecule has 3 aliphatic carbocycles. The van der Waals surface area contributed by atoms with Gasteiger partial charge in [-0.2, -0.15) is 0 Å². The lowest BCUT2D eigenvalue weighted by molar-refractivity contribution is 0.660. The maximum atomic E-state index is 2.52. The van der Waals surface area contributed by atoms with Crippen molar-refractivity contribution >= 4 is 27.8 Å². The van der Waals surface area contributed by atoms with E-state index in [0.717, 1.165) is 11.4 Å². The topological polar surface area (TPSA) is 3.24 Å². The molecule has 0 aromatic heterocycles. The molecule has 0 amide bonds. The first-order valence-electron chi connectivity index (χ1n) is 22.2. The van der Waals surface area contributed by atoms with Gasteiger partial charge in [0.2, 0.25) is 0 Å². The van der Waals surface area contributed by atoms with E-state index in [-0.39, 0.29) is 5.41 Å². The first-order valence-corrected chi connectivity index (χ1v) is 22.2. The summed E-state index contributed by atoms with van der Waals surface area (Å²) in [5, 5.41) is 2.53. The third kappa shape index (κ3) is 5.05. The van der Waals surface area contributed by atoms with E-state index in [0.29, 0.717) is 0 Å². The van der Waals surface area contributed by atoms with Crippen LogP contribution in [0.5, 0.6) is 0 Å². The molecule has 63 heavy (non-hydrogen) atoms. The molecule has 13 rings (SSSR count). The molecule has 0 heterocycles. The largest absolute Gasteiger partial charge is 0.310 e. The molecule has 0 atom stereocenters. The lowest BCUT2D eigenvalue weighted by atomic mass is 9.70. The average Bonchev–Trinajstić information content (AvgIpc) is 3.90. The Morgan fingerprint density at radius 2 is 0.794 bits per heavy atom. The molecule has 1 nitrogen and oxygen atoms in total. The minimum atomic E-state index is -0.428. The quantitative estimate of drug-likeness (QED) is 0.168. The van der Waals surface area contributed by atoms with E-state index in [4.69, 9.17) is 0 Å². The number of rotatable bonds is 5. The van der Waals surface area contributed by atoms with Crippen molar-refractivity contribution in [3.8, 4) is 55.6 Å². The number of hydrogen-bond donors (Lipinski definition) is 0. The summed E-state index contributed by atoms with van der Waals surface area (Å²) in [4.78, 5) is 2.52. The van der Waals surface area contributed by atoms with Crippen LogP contribution in [0.4, 0.5) is 17.1 Å². The van der Waals surface area contributed by atoms with Crippen molar-refractivity contribution in [2.75, 3.05) is 4.90 Å². The third-order valence-corrected chi connectivity index (χ3v) is 14.5. The third-order valence-electron chi connectivity index (χ3n) is 14.5. The minimum absolute atomic E-state index is 0.219. The van der Waals surface area contributed by atoms with Gasteiger partial charge in [0.25, 0.3) is 0 Å². The molecule has 0 aliphatic heterocycles. The molecule has 3 aliphatic rings. The maximum Gasteiger partial charge on any atom is 0.0726 e. The summed E-state index contributed by atoms with van der Waals surface area (Å²) >= 11 is 0. The van der Waals surface area contributed by atoms with Crippen LogP contribution in [0.2, 0.25) is 0 Å². The first-order chi connectivity index (χ1) is 31.0. The molecule has 0 N–H and O–H groups in total. The van der Waals surface area contributed by atoms with Crippen molar-refractivity contribution < 1.29 is 0 Å². The Bertz CT molecular complexity index is 3440. The fourth-order valence-corrected chi connectivity index (χ4v) is 11.6. The van der Waals surface area contributed by atoms with E-state index < -0.39 is 5.41 Å². The van der Waals surface area contributed by atoms with Gasteiger partial charge in [-0.3, -0.25) is 0 Å². The maximum absolute atomic E-state index is 2.52. The molecule has 296 valence electrons. The van der Waals surface area contributed by atoms with E-state index >= 15 is 0 Å². The van der Waals surface area contributed by atoms with Crippen LogP contribution in [0, 0.1) is 0 Å². The summed E-state index contributed by atoms with van der Waals surface area (Å²) in [5.74, 6) is 0. The molecule has 0 radical (unpaired) electrons. The van der Waals surface area contributed by atoms with Gasteiger partial charge in [-0.1, -0.05) is 196 Å². The average molecular weight is 802 g/mol. The zero-order valence-electron chi connectivity index (χ0n) is 35.3. The van der Waals surface area contributed by atoms with Crippen LogP contribution in [0.25, 0.3) is 66.4 Å². The zero-order valence-corrected chi connectivity index (χ0v) is 35.3. The number of fused-ring (bicyclic) bond motifs is 14. The number of benzene rings is 10. The smallest absolute Gasteiger partial charge is 0.0726 e. The standard InChI is InChI=1S/C62H43N/c1-61(2)57-38-45(44-28-27-41-17-6-7-18-43(41)37-44)31-35-50(57)51-36-34-47(39-58(51)61)63(46-32-29-42(30-33-46)40-15-4-3-5-16-40)59-26-14-25-56-60(59)52-21-10-13-24-55(52)62(56)53-22-11-8-19-48(53)49-20-9-12-23-54(49)62/h3-39H,1-2H3. The second-order valence-corrected chi connectivity index (χ2v) is 18.0. The molecule has 0 unspecified atom stereocenters. The number of anilines is 3. The lowest BCUT2D eigenvalue weighted by Gasteiger charge is -2.32. The Morgan fingerprint density at radius 3 is 1.52 bits per heavy atom. The van der Waals surface area contributed by atoms with Gasteiger partial charge < -0.3 is 4.90 Å². The van der Waals surface area contributed by atoms with Gasteiger partial charge >= 0.3 is 0 Å². The van der Waals surface area contributed by atoms with E-state index in [1.54, 1.807) is 0 Å². The molecule has 0 bridgehead atoms. The normalized spacial score (nSPS) is 14.1. The van der Waals surface area contributed by atoms with Gasteiger partial charge in [-0.25, -0.2) is 0 Å². The molecular weight excluding hydrogens is 759 g/mol. The predicted octanol–water partition coefficient (Wildman–Crippen LogP) is 16.3. The molecule has 0 saturated carbocycles. The Balaban J connectivity index is 1.01. The number of hydrogen-bond acceptors (Lipinski definition) is 1. The molecular formula is C62H43N. The molecule has 0 fully saturated rings. The highest BCUT2D eigenvalue weighted by Crippen LogP contribution is 2.65. The van der Waals surface area contributed by atoms with Crippen LogP contribution < -0.4 is 4.90 Å². The zero-order chi connectivity index (χ0) is 41.9. The summed E-state index contributed by atoms with van der Waals surface area (Å²) in [5.41, 5.74) is 23.7. The summed E-state index contributed by atoms with van der Waals surface area (Å²) < 4.78 is 0. The van der Waals surface area contributed by atoms with Crippen LogP contribution >= 0.6 is 0 Å². The van der Waals surface area contributed by atoms with Gasteiger partial charge in [-0.15, -0.1) is 0 Å². The Hall–Kier alpha value is -7.74. The SMILES string of the molecule is CC1(C)c2cc(-c3ccc4ccccc4c3)ccc2-c2ccc(N(c3ccc(-c4ccccc4)cc3)c3cccc4c3-c3ccccc3C43c4ccccc4-c4ccccc43)cc21. The summed E-state index contributed by atoms with van der Waals surface area (Å²) in [6.07, 6.45) is 0. The highest BCUT2D eigenvalue weighted by molar-refractivity contribution is 6.01. The van der Waals surface area contributed by atoms with Crippen LogP contribution in [-0.4, -0.2) is 0 Å². The molecule has 0 saturated heterocycles. The van der Waals surface area contributed by atoms with Crippen molar-refractivity contribution in [2.45, 2.75) is 24.7 Å². The van der Waals surface area contributed by atoms with Gasteiger partial charge in [0.15, 0.2) is 0 Å². The Morgan fingerprint density at radius 1 is 0.302 bits per heavy atom. The first kappa shape index (κ1) is 36.0. The van der Waals surface area contributed by atoms with Gasteiger partial charge in [0.1, 0.15) is 0 Å². The van der Waals surface area contributed by atoms with Crippen LogP contribution in [0.15, 0.2) is 224 Å². The summed E-state index contributed by atoms with van der Waals surface area (Å²) in [6, 6.07) is 84.0. The summed E-state index contributed by atoms with van der Waals surface area (Å²) in [7, 11) is 0. The van der Waals surface area contributed by atoms with Crippen LogP contribution in [0.3, 0.4) is 0 Å². The van der Waals surface area contributed by atoms with E-state index in [1.165, 1.54) is 105 Å². The lowest BCUT2D eigenvalue weighted by Crippen LogP contribution is -2.26. The fraction of sp³-hybridized carbons (Fsp3) is 0.0645. The summed E-state index contributed by atoms with van der Waals surface area (Å²) in [6.45, 7) is 4.81. The van der Waals surface area contributed by atoms with Gasteiger partial charge in [-0.05, 0) is 137 Å². The van der Waals surface area contributed by atoms with Crippen molar-refractivity contribution in [3.63, 3.8) is 0 Å². The second-order valence-electron chi connectivity index (χ2n) is 18.0. The predicted molar refractivity (Wildman–Crippen MR) is 263 cm³/mol. The van der Waals surface area contributed by atoms with Gasteiger partial charge in [0, 0.05) is 22.4 Å². The van der Waals surface area contributed by atoms with E-state index in [1.807, 2.05) is 0 Å². The van der Waals surface area contributed by atoms with E-state index in [2.05, 4.69) is 243 Å². The second kappa shape index (κ2) is 13.4. The van der Waals surface area contributed by atoms with Crippen molar-refractivity contribution in [3.05, 3.63) is 258 Å². The van der Waals surface area contributed by atoms with Crippen molar-refractivity contribution in [1.82, 2.24) is 0 Å². The minimum Gasteiger partial charge on any atom is -0.310 e. The molecule has 1 spiro atoms. The fourth-order valence-electron chi connectivity index (χ4n) is 11.6. The van der Waals surface area contributed by atoms with E-state index in [9.17, 15) is 0 Å². The Labute approximate surface area is 369 Å². The number of nitrogens with zero attached hydrogens (tertiary/aromatic N) is 1. The molecule has 10 aromatic rings. The molecule has 1 heteroatoms. The van der Waals surface area contributed by atoms with Crippen molar-refractivity contribution in [1.29, 1.82) is 0 Å². The monoisotopic (exact) mass is 801 g/mol. The van der Waals surface area contributed by atoms with Crippen LogP contribution in [-0.2, 0) is 10.8 Å². The Kier molecular flexibility index (Phi) is 7.64. The highest BCUT2D eigenvalue weighted by atomic mass is 15.1. The highest BCUT2D eigenvalue weighted by Gasteiger charge is 2.52.